The summed E-state index contributed by atoms with van der Waals surface area (Å²) in [5.74, 6) is 0.827. The molecule has 19 heavy (non-hydrogen) atoms. The van der Waals surface area contributed by atoms with Crippen LogP contribution < -0.4 is 10.1 Å². The largest absolute Gasteiger partial charge is 0.497 e. The van der Waals surface area contributed by atoms with Crippen LogP contribution in [0.3, 0.4) is 0 Å². The number of aliphatic hydroxyl groups excluding tert-OH is 1. The molecule has 2 atom stereocenters. The Labute approximate surface area is 116 Å². The molecule has 2 unspecified atom stereocenters. The zero-order valence-corrected chi connectivity index (χ0v) is 11.9. The maximum atomic E-state index is 10.5. The van der Waals surface area contributed by atoms with Gasteiger partial charge in [-0.3, -0.25) is 0 Å². The first-order valence-corrected chi connectivity index (χ1v) is 7.32. The smallest absolute Gasteiger partial charge is 0.118 e. The molecule has 3 heteroatoms. The zero-order valence-electron chi connectivity index (χ0n) is 11.9. The van der Waals surface area contributed by atoms with Gasteiger partial charge in [-0.15, -0.1) is 0 Å². The number of rotatable bonds is 6. The van der Waals surface area contributed by atoms with E-state index in [2.05, 4.69) is 12.2 Å². The summed E-state index contributed by atoms with van der Waals surface area (Å²) < 4.78 is 5.15. The van der Waals surface area contributed by atoms with Crippen LogP contribution in [0.5, 0.6) is 5.75 Å². The summed E-state index contributed by atoms with van der Waals surface area (Å²) in [5, 5.41) is 14.1. The highest BCUT2D eigenvalue weighted by molar-refractivity contribution is 5.29. The Hall–Kier alpha value is -1.06. The summed E-state index contributed by atoms with van der Waals surface area (Å²) in [6.07, 6.45) is 5.59. The van der Waals surface area contributed by atoms with E-state index in [-0.39, 0.29) is 6.04 Å². The van der Waals surface area contributed by atoms with Gasteiger partial charge in [0.2, 0.25) is 0 Å². The Morgan fingerprint density at radius 3 is 2.42 bits per heavy atom. The lowest BCUT2D eigenvalue weighted by Crippen LogP contribution is -2.40. The Balaban J connectivity index is 1.99. The highest BCUT2D eigenvalue weighted by Gasteiger charge is 2.24. The summed E-state index contributed by atoms with van der Waals surface area (Å²) in [6.45, 7) is 2.12. The van der Waals surface area contributed by atoms with Gasteiger partial charge in [0.05, 0.1) is 13.2 Å². The lowest BCUT2D eigenvalue weighted by atomic mass is 9.99. The second-order valence-corrected chi connectivity index (χ2v) is 5.38. The summed E-state index contributed by atoms with van der Waals surface area (Å²) in [4.78, 5) is 0. The van der Waals surface area contributed by atoms with Gasteiger partial charge in [0.15, 0.2) is 0 Å². The number of methoxy groups -OCH3 is 1. The van der Waals surface area contributed by atoms with Gasteiger partial charge in [0.25, 0.3) is 0 Å². The Kier molecular flexibility index (Phi) is 5.23. The molecule has 1 saturated carbocycles. The third kappa shape index (κ3) is 3.71. The van der Waals surface area contributed by atoms with Crippen molar-refractivity contribution in [1.29, 1.82) is 0 Å². The first kappa shape index (κ1) is 14.4. The van der Waals surface area contributed by atoms with Crippen molar-refractivity contribution in [3.05, 3.63) is 29.8 Å². The second kappa shape index (κ2) is 6.92. The summed E-state index contributed by atoms with van der Waals surface area (Å²) >= 11 is 0. The van der Waals surface area contributed by atoms with Gasteiger partial charge in [-0.1, -0.05) is 31.9 Å². The molecule has 0 saturated heterocycles. The molecular weight excluding hydrogens is 238 g/mol. The lowest BCUT2D eigenvalue weighted by molar-refractivity contribution is 0.119. The molecule has 0 aromatic heterocycles. The van der Waals surface area contributed by atoms with Crippen LogP contribution in [0.15, 0.2) is 24.3 Å². The van der Waals surface area contributed by atoms with E-state index < -0.39 is 6.10 Å². The molecule has 1 aromatic rings. The molecule has 1 aliphatic carbocycles. The molecule has 3 nitrogen and oxygen atoms in total. The predicted molar refractivity (Wildman–Crippen MR) is 77.4 cm³/mol. The van der Waals surface area contributed by atoms with E-state index in [1.54, 1.807) is 7.11 Å². The van der Waals surface area contributed by atoms with Crippen LogP contribution in [0.25, 0.3) is 0 Å². The quantitative estimate of drug-likeness (QED) is 0.829. The number of hydrogen-bond donors (Lipinski definition) is 2. The molecule has 2 N–H and O–H groups in total. The van der Waals surface area contributed by atoms with Crippen molar-refractivity contribution in [2.24, 2.45) is 0 Å². The average molecular weight is 263 g/mol. The normalized spacial score (nSPS) is 19.3. The van der Waals surface area contributed by atoms with Gasteiger partial charge < -0.3 is 15.2 Å². The zero-order chi connectivity index (χ0) is 13.7. The van der Waals surface area contributed by atoms with E-state index in [1.807, 2.05) is 24.3 Å². The third-order valence-corrected chi connectivity index (χ3v) is 4.08. The predicted octanol–water partition coefficient (Wildman–Crippen LogP) is 3.04. The minimum atomic E-state index is -0.448. The number of aliphatic hydroxyl groups is 1. The summed E-state index contributed by atoms with van der Waals surface area (Å²) in [6, 6.07) is 8.42. The number of benzene rings is 1. The molecule has 0 heterocycles. The van der Waals surface area contributed by atoms with Gasteiger partial charge in [0, 0.05) is 12.1 Å². The fraction of sp³-hybridized carbons (Fsp3) is 0.625. The second-order valence-electron chi connectivity index (χ2n) is 5.38. The average Bonchev–Trinajstić information content (AvgIpc) is 2.97. The van der Waals surface area contributed by atoms with Crippen LogP contribution in [-0.4, -0.2) is 24.3 Å². The molecule has 1 aliphatic rings. The van der Waals surface area contributed by atoms with Crippen molar-refractivity contribution in [3.8, 4) is 5.75 Å². The lowest BCUT2D eigenvalue weighted by Gasteiger charge is -2.26. The summed E-state index contributed by atoms with van der Waals surface area (Å²) in [7, 11) is 1.65. The van der Waals surface area contributed by atoms with E-state index >= 15 is 0 Å². The van der Waals surface area contributed by atoms with E-state index in [1.165, 1.54) is 25.7 Å². The van der Waals surface area contributed by atoms with Gasteiger partial charge in [-0.05, 0) is 37.0 Å². The fourth-order valence-electron chi connectivity index (χ4n) is 2.86. The molecule has 0 radical (unpaired) electrons. The minimum absolute atomic E-state index is 0.136. The van der Waals surface area contributed by atoms with Crippen LogP contribution >= 0.6 is 0 Å². The van der Waals surface area contributed by atoms with Crippen LogP contribution in [0.4, 0.5) is 0 Å². The highest BCUT2D eigenvalue weighted by Crippen LogP contribution is 2.25. The van der Waals surface area contributed by atoms with E-state index in [0.717, 1.165) is 17.7 Å². The first-order valence-electron chi connectivity index (χ1n) is 7.32. The molecule has 106 valence electrons. The van der Waals surface area contributed by atoms with Gasteiger partial charge in [-0.25, -0.2) is 0 Å². The van der Waals surface area contributed by atoms with Gasteiger partial charge >= 0.3 is 0 Å². The fourth-order valence-corrected chi connectivity index (χ4v) is 2.86. The van der Waals surface area contributed by atoms with Gasteiger partial charge in [0.1, 0.15) is 5.75 Å². The maximum Gasteiger partial charge on any atom is 0.118 e. The summed E-state index contributed by atoms with van der Waals surface area (Å²) in [5.41, 5.74) is 0.957. The van der Waals surface area contributed by atoms with Crippen molar-refractivity contribution in [1.82, 2.24) is 5.32 Å². The topological polar surface area (TPSA) is 41.5 Å². The van der Waals surface area contributed by atoms with Crippen LogP contribution in [0, 0.1) is 0 Å². The highest BCUT2D eigenvalue weighted by atomic mass is 16.5. The Morgan fingerprint density at radius 1 is 1.26 bits per heavy atom. The van der Waals surface area contributed by atoms with E-state index in [0.29, 0.717) is 6.04 Å². The van der Waals surface area contributed by atoms with Crippen molar-refractivity contribution in [2.45, 2.75) is 57.2 Å². The Bertz CT molecular complexity index is 371. The number of hydrogen-bond acceptors (Lipinski definition) is 3. The standard InChI is InChI=1S/C16H25NO2/c1-3-15(17-13-6-4-5-7-13)16(18)12-8-10-14(19-2)11-9-12/h8-11,13,15-18H,3-7H2,1-2H3. The van der Waals surface area contributed by atoms with Crippen molar-refractivity contribution < 1.29 is 9.84 Å². The number of nitrogens with one attached hydrogen (secondary N) is 1. The van der Waals surface area contributed by atoms with Crippen molar-refractivity contribution in [3.63, 3.8) is 0 Å². The van der Waals surface area contributed by atoms with Crippen molar-refractivity contribution in [2.75, 3.05) is 7.11 Å². The maximum absolute atomic E-state index is 10.5. The van der Waals surface area contributed by atoms with Crippen LogP contribution in [0.2, 0.25) is 0 Å². The number of ether oxygens (including phenoxy) is 1. The Morgan fingerprint density at radius 2 is 1.89 bits per heavy atom. The third-order valence-electron chi connectivity index (χ3n) is 4.08. The SMILES string of the molecule is CCC(NC1CCCC1)C(O)c1ccc(OC)cc1. The van der Waals surface area contributed by atoms with Gasteiger partial charge in [-0.2, -0.15) is 0 Å². The monoisotopic (exact) mass is 263 g/mol. The van der Waals surface area contributed by atoms with Crippen LogP contribution in [-0.2, 0) is 0 Å². The molecular formula is C16H25NO2. The molecule has 2 rings (SSSR count). The molecule has 1 fully saturated rings. The van der Waals surface area contributed by atoms with E-state index in [4.69, 9.17) is 4.74 Å². The van der Waals surface area contributed by atoms with E-state index in [9.17, 15) is 5.11 Å². The molecule has 1 aromatic carbocycles. The molecule has 0 amide bonds. The molecule has 0 aliphatic heterocycles. The minimum Gasteiger partial charge on any atom is -0.497 e. The molecule has 0 spiro atoms. The van der Waals surface area contributed by atoms with Crippen LogP contribution in [0.1, 0.15) is 50.7 Å². The van der Waals surface area contributed by atoms with Crippen molar-refractivity contribution >= 4 is 0 Å². The molecule has 0 bridgehead atoms. The first-order chi connectivity index (χ1) is 9.24.